The fourth-order valence-electron chi connectivity index (χ4n) is 2.44. The van der Waals surface area contributed by atoms with Gasteiger partial charge in [0, 0.05) is 0 Å². The van der Waals surface area contributed by atoms with Crippen molar-refractivity contribution in [2.75, 3.05) is 21.3 Å². The second-order valence-corrected chi connectivity index (χ2v) is 5.08. The van der Waals surface area contributed by atoms with Crippen molar-refractivity contribution in [2.45, 2.75) is 0 Å². The van der Waals surface area contributed by atoms with Gasteiger partial charge < -0.3 is 14.2 Å². The molecule has 3 aromatic rings. The Balaban J connectivity index is 2.09. The molecule has 0 fully saturated rings. The van der Waals surface area contributed by atoms with Crippen LogP contribution in [0.1, 0.15) is 5.56 Å². The zero-order valence-corrected chi connectivity index (χ0v) is 14.1. The third-order valence-corrected chi connectivity index (χ3v) is 3.61. The van der Waals surface area contributed by atoms with Crippen LogP contribution in [0, 0.1) is 11.3 Å². The van der Waals surface area contributed by atoms with Gasteiger partial charge in [0.2, 0.25) is 5.75 Å². The van der Waals surface area contributed by atoms with Crippen LogP contribution in [-0.2, 0) is 0 Å². The molecule has 0 unspecified atom stereocenters. The first-order valence-corrected chi connectivity index (χ1v) is 7.44. The minimum Gasteiger partial charge on any atom is -0.493 e. The fraction of sp³-hybridized carbons (Fsp3) is 0.167. The number of nitriles is 1. The molecule has 2 aromatic carbocycles. The molecule has 3 rings (SSSR count). The number of hydrogen-bond donors (Lipinski definition) is 0. The lowest BCUT2D eigenvalue weighted by atomic mass is 10.1. The number of methoxy groups -OCH3 is 3. The summed E-state index contributed by atoms with van der Waals surface area (Å²) in [5, 5.41) is 18.2. The van der Waals surface area contributed by atoms with Gasteiger partial charge in [-0.1, -0.05) is 12.1 Å². The molecule has 0 saturated carbocycles. The highest BCUT2D eigenvalue weighted by molar-refractivity contribution is 5.82. The summed E-state index contributed by atoms with van der Waals surface area (Å²) in [7, 11) is 4.62. The Bertz CT molecular complexity index is 927. The Labute approximate surface area is 144 Å². The van der Waals surface area contributed by atoms with E-state index in [0.29, 0.717) is 33.8 Å². The van der Waals surface area contributed by atoms with Crippen LogP contribution >= 0.6 is 0 Å². The molecule has 0 N–H and O–H groups in total. The Hall–Kier alpha value is -3.53. The minimum atomic E-state index is 0.269. The molecule has 0 amide bonds. The van der Waals surface area contributed by atoms with Gasteiger partial charge in [-0.15, -0.1) is 15.0 Å². The van der Waals surface area contributed by atoms with Crippen LogP contribution in [0.25, 0.3) is 22.8 Å². The van der Waals surface area contributed by atoms with Crippen LogP contribution in [0.3, 0.4) is 0 Å². The van der Waals surface area contributed by atoms with Crippen molar-refractivity contribution in [3.63, 3.8) is 0 Å². The van der Waals surface area contributed by atoms with E-state index in [1.54, 1.807) is 18.2 Å². The molecule has 0 aliphatic rings. The highest BCUT2D eigenvalue weighted by Crippen LogP contribution is 2.38. The lowest BCUT2D eigenvalue weighted by Gasteiger charge is -2.13. The first-order chi connectivity index (χ1) is 12.2. The van der Waals surface area contributed by atoms with E-state index in [4.69, 9.17) is 14.2 Å². The normalized spacial score (nSPS) is 11.2. The highest BCUT2D eigenvalue weighted by atomic mass is 16.5. The van der Waals surface area contributed by atoms with Crippen molar-refractivity contribution in [3.05, 3.63) is 42.0 Å². The molecule has 0 atom stereocenters. The first kappa shape index (κ1) is 16.3. The molecular weight excluding hydrogens is 320 g/mol. The number of rotatable bonds is 5. The van der Waals surface area contributed by atoms with Gasteiger partial charge in [0.15, 0.2) is 17.2 Å². The maximum Gasteiger partial charge on any atom is 0.203 e. The average molecular weight is 336 g/mol. The van der Waals surface area contributed by atoms with Crippen molar-refractivity contribution >= 4 is 22.8 Å². The van der Waals surface area contributed by atoms with Gasteiger partial charge in [0.25, 0.3) is 0 Å². The van der Waals surface area contributed by atoms with E-state index in [0.717, 1.165) is 0 Å². The number of benzene rings is 2. The van der Waals surface area contributed by atoms with Gasteiger partial charge in [0.05, 0.1) is 21.3 Å². The molecule has 0 bridgehead atoms. The number of allylic oxidation sites excluding steroid dienone is 1. The van der Waals surface area contributed by atoms with Crippen molar-refractivity contribution in [3.8, 4) is 23.3 Å². The minimum absolute atomic E-state index is 0.269. The average Bonchev–Trinajstić information content (AvgIpc) is 3.08. The van der Waals surface area contributed by atoms with Gasteiger partial charge in [-0.25, -0.2) is 0 Å². The van der Waals surface area contributed by atoms with Gasteiger partial charge in [-0.2, -0.15) is 5.26 Å². The van der Waals surface area contributed by atoms with Gasteiger partial charge in [-0.3, -0.25) is 0 Å². The summed E-state index contributed by atoms with van der Waals surface area (Å²) in [5.74, 6) is 1.50. The zero-order valence-electron chi connectivity index (χ0n) is 14.1. The van der Waals surface area contributed by atoms with Gasteiger partial charge >= 0.3 is 0 Å². The van der Waals surface area contributed by atoms with Gasteiger partial charge in [0.1, 0.15) is 17.1 Å². The van der Waals surface area contributed by atoms with Gasteiger partial charge in [-0.05, 0) is 35.9 Å². The molecule has 0 spiro atoms. The summed E-state index contributed by atoms with van der Waals surface area (Å²) in [6, 6.07) is 13.0. The fourth-order valence-corrected chi connectivity index (χ4v) is 2.44. The lowest BCUT2D eigenvalue weighted by Crippen LogP contribution is -2.00. The quantitative estimate of drug-likeness (QED) is 0.666. The number of ether oxygens (including phenoxy) is 3. The molecule has 7 nitrogen and oxygen atoms in total. The summed E-state index contributed by atoms with van der Waals surface area (Å²) in [6.07, 6.45) is 1.66. The molecule has 25 heavy (non-hydrogen) atoms. The van der Waals surface area contributed by atoms with Crippen LogP contribution < -0.4 is 14.2 Å². The molecule has 0 aliphatic heterocycles. The number of aromatic nitrogens is 3. The van der Waals surface area contributed by atoms with E-state index in [9.17, 15) is 5.26 Å². The largest absolute Gasteiger partial charge is 0.493 e. The standard InChI is InChI=1S/C18H16N4O3/c1-23-16-9-12(10-17(24-2)18(16)25-3)8-13(11-19)22-20-14-6-4-5-7-15(14)21-22/h4-10H,1-3H3/b13-8+. The monoisotopic (exact) mass is 336 g/mol. The van der Waals surface area contributed by atoms with E-state index in [1.807, 2.05) is 24.3 Å². The van der Waals surface area contributed by atoms with E-state index in [-0.39, 0.29) is 5.70 Å². The van der Waals surface area contributed by atoms with E-state index in [1.165, 1.54) is 26.1 Å². The smallest absolute Gasteiger partial charge is 0.203 e. The predicted octanol–water partition coefficient (Wildman–Crippen LogP) is 2.98. The molecule has 0 radical (unpaired) electrons. The number of hydrogen-bond acceptors (Lipinski definition) is 6. The molecule has 7 heteroatoms. The van der Waals surface area contributed by atoms with Crippen LogP contribution in [0.5, 0.6) is 17.2 Å². The molecule has 126 valence electrons. The summed E-state index contributed by atoms with van der Waals surface area (Å²) in [4.78, 5) is 1.31. The SMILES string of the molecule is COc1cc(/C=C(\C#N)n2nc3ccccc3n2)cc(OC)c1OC. The Morgan fingerprint density at radius 3 is 2.00 bits per heavy atom. The van der Waals surface area contributed by atoms with E-state index >= 15 is 0 Å². The Morgan fingerprint density at radius 2 is 1.56 bits per heavy atom. The van der Waals surface area contributed by atoms with E-state index < -0.39 is 0 Å². The summed E-state index contributed by atoms with van der Waals surface area (Å²) >= 11 is 0. The van der Waals surface area contributed by atoms with Crippen molar-refractivity contribution in [1.82, 2.24) is 15.0 Å². The maximum absolute atomic E-state index is 9.51. The highest BCUT2D eigenvalue weighted by Gasteiger charge is 2.13. The molecule has 1 aromatic heterocycles. The Kier molecular flexibility index (Phi) is 4.53. The van der Waals surface area contributed by atoms with Crippen molar-refractivity contribution in [1.29, 1.82) is 5.26 Å². The lowest BCUT2D eigenvalue weighted by molar-refractivity contribution is 0.324. The summed E-state index contributed by atoms with van der Waals surface area (Å²) < 4.78 is 16.0. The van der Waals surface area contributed by atoms with E-state index in [2.05, 4.69) is 16.3 Å². The van der Waals surface area contributed by atoms with Crippen LogP contribution in [0.4, 0.5) is 0 Å². The number of fused-ring (bicyclic) bond motifs is 1. The second kappa shape index (κ2) is 6.93. The molecular formula is C18H16N4O3. The maximum atomic E-state index is 9.51. The van der Waals surface area contributed by atoms with Crippen LogP contribution in [0.2, 0.25) is 0 Å². The van der Waals surface area contributed by atoms with Crippen LogP contribution in [0.15, 0.2) is 36.4 Å². The molecule has 1 heterocycles. The topological polar surface area (TPSA) is 82.2 Å². The first-order valence-electron chi connectivity index (χ1n) is 7.44. The third-order valence-electron chi connectivity index (χ3n) is 3.61. The number of nitrogens with zero attached hydrogens (tertiary/aromatic N) is 4. The molecule has 0 saturated heterocycles. The molecule has 0 aliphatic carbocycles. The summed E-state index contributed by atoms with van der Waals surface area (Å²) in [5.41, 5.74) is 2.40. The summed E-state index contributed by atoms with van der Waals surface area (Å²) in [6.45, 7) is 0. The van der Waals surface area contributed by atoms with Crippen molar-refractivity contribution in [2.24, 2.45) is 0 Å². The third kappa shape index (κ3) is 3.10. The zero-order chi connectivity index (χ0) is 17.8. The van der Waals surface area contributed by atoms with Crippen LogP contribution in [-0.4, -0.2) is 36.3 Å². The van der Waals surface area contributed by atoms with Crippen molar-refractivity contribution < 1.29 is 14.2 Å². The second-order valence-electron chi connectivity index (χ2n) is 5.08. The predicted molar refractivity (Wildman–Crippen MR) is 93.4 cm³/mol. The Morgan fingerprint density at radius 1 is 1.00 bits per heavy atom.